The van der Waals surface area contributed by atoms with Gasteiger partial charge in [0.05, 0.1) is 0 Å². The van der Waals surface area contributed by atoms with Crippen molar-refractivity contribution >= 4 is 28.2 Å². The van der Waals surface area contributed by atoms with Crippen LogP contribution >= 0.6 is 11.6 Å². The van der Waals surface area contributed by atoms with E-state index in [1.807, 2.05) is 6.20 Å². The van der Waals surface area contributed by atoms with Gasteiger partial charge in [0.25, 0.3) is 0 Å². The first kappa shape index (κ1) is 12.7. The molecule has 1 fully saturated rings. The summed E-state index contributed by atoms with van der Waals surface area (Å²) in [5.74, 6) is 2.37. The van der Waals surface area contributed by atoms with Crippen molar-refractivity contribution in [2.75, 3.05) is 11.4 Å². The van der Waals surface area contributed by atoms with E-state index in [4.69, 9.17) is 11.6 Å². The average Bonchev–Trinajstić information content (AvgIpc) is 2.76. The van der Waals surface area contributed by atoms with E-state index in [-0.39, 0.29) is 0 Å². The Bertz CT molecular complexity index is 596. The number of nitrogens with zero attached hydrogens (tertiary/aromatic N) is 2. The maximum absolute atomic E-state index is 6.02. The van der Waals surface area contributed by atoms with E-state index in [0.29, 0.717) is 11.9 Å². The van der Waals surface area contributed by atoms with E-state index in [1.165, 1.54) is 17.2 Å². The molecule has 2 atom stereocenters. The fraction of sp³-hybridized carbons (Fsp3) is 0.438. The zero-order chi connectivity index (χ0) is 13.4. The van der Waals surface area contributed by atoms with Crippen molar-refractivity contribution in [2.24, 2.45) is 5.92 Å². The molecule has 1 aromatic heterocycles. The Hall–Kier alpha value is -1.28. The van der Waals surface area contributed by atoms with Gasteiger partial charge in [-0.15, -0.1) is 11.6 Å². The summed E-state index contributed by atoms with van der Waals surface area (Å²) in [6, 6.07) is 9.01. The van der Waals surface area contributed by atoms with Crippen molar-refractivity contribution in [3.05, 3.63) is 36.0 Å². The number of rotatable bonds is 2. The zero-order valence-electron chi connectivity index (χ0n) is 11.4. The van der Waals surface area contributed by atoms with Gasteiger partial charge in [0, 0.05) is 30.0 Å². The summed E-state index contributed by atoms with van der Waals surface area (Å²) in [5.41, 5.74) is 1.11. The first-order valence-corrected chi connectivity index (χ1v) is 7.43. The highest BCUT2D eigenvalue weighted by Crippen LogP contribution is 2.33. The number of pyridine rings is 1. The first-order chi connectivity index (χ1) is 9.20. The molecular weight excluding hydrogens is 256 g/mol. The van der Waals surface area contributed by atoms with Crippen LogP contribution < -0.4 is 4.90 Å². The van der Waals surface area contributed by atoms with Gasteiger partial charge in [0.2, 0.25) is 0 Å². The van der Waals surface area contributed by atoms with Crippen LogP contribution in [0.15, 0.2) is 30.5 Å². The molecule has 2 aromatic rings. The minimum absolute atomic E-state index is 0.514. The second-order valence-corrected chi connectivity index (χ2v) is 5.90. The average molecular weight is 275 g/mol. The van der Waals surface area contributed by atoms with E-state index in [9.17, 15) is 0 Å². The number of alkyl halides is 1. The van der Waals surface area contributed by atoms with E-state index >= 15 is 0 Å². The second-order valence-electron chi connectivity index (χ2n) is 5.63. The normalized spacial score (nSPS) is 23.2. The van der Waals surface area contributed by atoms with Gasteiger partial charge in [-0.2, -0.15) is 0 Å². The lowest BCUT2D eigenvalue weighted by Gasteiger charge is -2.24. The highest BCUT2D eigenvalue weighted by molar-refractivity contribution is 6.18. The number of aromatic nitrogens is 1. The van der Waals surface area contributed by atoms with Crippen LogP contribution in [0.1, 0.15) is 25.8 Å². The Labute approximate surface area is 119 Å². The van der Waals surface area contributed by atoms with Crippen LogP contribution in [0.25, 0.3) is 10.8 Å². The highest BCUT2D eigenvalue weighted by Gasteiger charge is 2.28. The largest absolute Gasteiger partial charge is 0.353 e. The van der Waals surface area contributed by atoms with Crippen molar-refractivity contribution in [3.8, 4) is 0 Å². The Morgan fingerprint density at radius 3 is 2.63 bits per heavy atom. The summed E-state index contributed by atoms with van der Waals surface area (Å²) in [6.07, 6.45) is 3.17. The molecule has 2 nitrogen and oxygen atoms in total. The summed E-state index contributed by atoms with van der Waals surface area (Å²) in [5, 5.41) is 2.45. The molecule has 19 heavy (non-hydrogen) atoms. The van der Waals surface area contributed by atoms with Crippen molar-refractivity contribution < 1.29 is 0 Å². The predicted molar refractivity (Wildman–Crippen MR) is 81.9 cm³/mol. The molecule has 0 spiro atoms. The Morgan fingerprint density at radius 1 is 1.26 bits per heavy atom. The quantitative estimate of drug-likeness (QED) is 0.763. The lowest BCUT2D eigenvalue weighted by Crippen LogP contribution is -2.27. The number of hydrogen-bond donors (Lipinski definition) is 0. The van der Waals surface area contributed by atoms with Crippen LogP contribution in [0.5, 0.6) is 0 Å². The smallest absolute Gasteiger partial charge is 0.136 e. The monoisotopic (exact) mass is 274 g/mol. The standard InChI is InChI=1S/C16H19ClN2/c1-11-7-12(2)19(10-11)16-15-6-4-3-5-14(15)13(8-17)9-18-16/h3-6,9,11-12H,7-8,10H2,1-2H3. The topological polar surface area (TPSA) is 16.1 Å². The number of anilines is 1. The minimum Gasteiger partial charge on any atom is -0.353 e. The van der Waals surface area contributed by atoms with Gasteiger partial charge in [0.15, 0.2) is 0 Å². The van der Waals surface area contributed by atoms with Gasteiger partial charge in [-0.3, -0.25) is 0 Å². The molecule has 0 radical (unpaired) electrons. The molecule has 0 bridgehead atoms. The highest BCUT2D eigenvalue weighted by atomic mass is 35.5. The van der Waals surface area contributed by atoms with E-state index in [0.717, 1.165) is 23.8 Å². The van der Waals surface area contributed by atoms with E-state index in [1.54, 1.807) is 0 Å². The summed E-state index contributed by atoms with van der Waals surface area (Å²) in [4.78, 5) is 7.12. The van der Waals surface area contributed by atoms with Gasteiger partial charge >= 0.3 is 0 Å². The molecule has 2 unspecified atom stereocenters. The number of benzene rings is 1. The number of fused-ring (bicyclic) bond motifs is 1. The molecule has 1 aromatic carbocycles. The van der Waals surface area contributed by atoms with Gasteiger partial charge in [-0.25, -0.2) is 4.98 Å². The molecule has 3 heteroatoms. The van der Waals surface area contributed by atoms with Crippen LogP contribution in [-0.2, 0) is 5.88 Å². The van der Waals surface area contributed by atoms with Crippen LogP contribution in [-0.4, -0.2) is 17.6 Å². The number of hydrogen-bond acceptors (Lipinski definition) is 2. The third-order valence-corrected chi connectivity index (χ3v) is 4.34. The van der Waals surface area contributed by atoms with Crippen molar-refractivity contribution in [2.45, 2.75) is 32.2 Å². The summed E-state index contributed by atoms with van der Waals surface area (Å²) in [7, 11) is 0. The summed E-state index contributed by atoms with van der Waals surface area (Å²) >= 11 is 6.02. The third-order valence-electron chi connectivity index (χ3n) is 4.06. The fourth-order valence-corrected chi connectivity index (χ4v) is 3.38. The van der Waals surface area contributed by atoms with Gasteiger partial charge in [-0.05, 0) is 30.2 Å². The summed E-state index contributed by atoms with van der Waals surface area (Å²) < 4.78 is 0. The molecule has 1 aliphatic rings. The van der Waals surface area contributed by atoms with E-state index < -0.39 is 0 Å². The zero-order valence-corrected chi connectivity index (χ0v) is 12.2. The van der Waals surface area contributed by atoms with Gasteiger partial charge in [0.1, 0.15) is 5.82 Å². The van der Waals surface area contributed by atoms with Crippen LogP contribution in [0.2, 0.25) is 0 Å². The van der Waals surface area contributed by atoms with Gasteiger partial charge < -0.3 is 4.90 Å². The lowest BCUT2D eigenvalue weighted by atomic mass is 10.1. The minimum atomic E-state index is 0.514. The Morgan fingerprint density at radius 2 is 2.00 bits per heavy atom. The first-order valence-electron chi connectivity index (χ1n) is 6.90. The molecule has 0 aliphatic carbocycles. The molecule has 1 aliphatic heterocycles. The molecule has 0 N–H and O–H groups in total. The Balaban J connectivity index is 2.15. The van der Waals surface area contributed by atoms with Crippen molar-refractivity contribution in [1.29, 1.82) is 0 Å². The fourth-order valence-electron chi connectivity index (χ4n) is 3.17. The maximum Gasteiger partial charge on any atom is 0.136 e. The number of halogens is 1. The molecule has 3 rings (SSSR count). The SMILES string of the molecule is CC1CC(C)N(c2ncc(CCl)c3ccccc23)C1. The molecule has 0 saturated carbocycles. The second kappa shape index (κ2) is 5.01. The third kappa shape index (κ3) is 2.18. The summed E-state index contributed by atoms with van der Waals surface area (Å²) in [6.45, 7) is 5.69. The van der Waals surface area contributed by atoms with E-state index in [2.05, 4.69) is 48.0 Å². The van der Waals surface area contributed by atoms with Crippen LogP contribution in [0.4, 0.5) is 5.82 Å². The van der Waals surface area contributed by atoms with Gasteiger partial charge in [-0.1, -0.05) is 31.2 Å². The lowest BCUT2D eigenvalue weighted by molar-refractivity contribution is 0.625. The molecule has 100 valence electrons. The van der Waals surface area contributed by atoms with Crippen LogP contribution in [0.3, 0.4) is 0 Å². The molecular formula is C16H19ClN2. The predicted octanol–water partition coefficient (Wildman–Crippen LogP) is 4.21. The maximum atomic E-state index is 6.02. The molecule has 1 saturated heterocycles. The molecule has 0 amide bonds. The molecule has 2 heterocycles. The van der Waals surface area contributed by atoms with Crippen LogP contribution in [0, 0.1) is 5.92 Å². The Kier molecular flexibility index (Phi) is 3.36. The van der Waals surface area contributed by atoms with Crippen molar-refractivity contribution in [1.82, 2.24) is 4.98 Å². The van der Waals surface area contributed by atoms with Crippen molar-refractivity contribution in [3.63, 3.8) is 0 Å².